The monoisotopic (exact) mass is 333 g/mol. The van der Waals surface area contributed by atoms with Crippen molar-refractivity contribution in [2.24, 2.45) is 5.92 Å². The summed E-state index contributed by atoms with van der Waals surface area (Å²) in [5, 5.41) is 3.00. The summed E-state index contributed by atoms with van der Waals surface area (Å²) in [5.74, 6) is 1.40. The van der Waals surface area contributed by atoms with E-state index in [2.05, 4.69) is 36.2 Å². The Bertz CT molecular complexity index is 494. The third-order valence-electron chi connectivity index (χ3n) is 4.42. The number of amides is 2. The summed E-state index contributed by atoms with van der Waals surface area (Å²) >= 11 is 0. The summed E-state index contributed by atoms with van der Waals surface area (Å²) in [5.41, 5.74) is 1.35. The molecule has 0 aromatic heterocycles. The van der Waals surface area contributed by atoms with Crippen LogP contribution < -0.4 is 10.1 Å². The molecule has 1 aliphatic heterocycles. The van der Waals surface area contributed by atoms with E-state index in [0.717, 1.165) is 57.9 Å². The quantitative estimate of drug-likeness (QED) is 0.834. The average Bonchev–Trinajstić information content (AvgIpc) is 2.61. The van der Waals surface area contributed by atoms with Crippen LogP contribution in [0.15, 0.2) is 24.3 Å². The van der Waals surface area contributed by atoms with E-state index in [-0.39, 0.29) is 6.03 Å². The maximum atomic E-state index is 12.0. The average molecular weight is 333 g/mol. The van der Waals surface area contributed by atoms with E-state index in [1.165, 1.54) is 5.56 Å². The largest absolute Gasteiger partial charge is 0.497 e. The van der Waals surface area contributed by atoms with Crippen LogP contribution >= 0.6 is 0 Å². The van der Waals surface area contributed by atoms with Crippen LogP contribution in [0, 0.1) is 5.92 Å². The number of carbonyl (C=O) groups is 1. The Labute approximate surface area is 146 Å². The zero-order chi connectivity index (χ0) is 17.4. The molecule has 0 spiro atoms. The maximum absolute atomic E-state index is 12.0. The topological polar surface area (TPSA) is 44.8 Å². The van der Waals surface area contributed by atoms with Gasteiger partial charge in [-0.2, -0.15) is 0 Å². The first-order chi connectivity index (χ1) is 11.6. The summed E-state index contributed by atoms with van der Waals surface area (Å²) < 4.78 is 5.18. The van der Waals surface area contributed by atoms with Crippen LogP contribution in [0.5, 0.6) is 5.75 Å². The van der Waals surface area contributed by atoms with Crippen LogP contribution in [-0.2, 0) is 6.42 Å². The molecule has 0 unspecified atom stereocenters. The number of carbonyl (C=O) groups excluding carboxylic acids is 1. The number of rotatable bonds is 7. The third-order valence-corrected chi connectivity index (χ3v) is 4.42. The molecule has 1 aromatic rings. The van der Waals surface area contributed by atoms with Crippen molar-refractivity contribution >= 4 is 6.03 Å². The van der Waals surface area contributed by atoms with E-state index < -0.39 is 0 Å². The zero-order valence-corrected chi connectivity index (χ0v) is 15.3. The van der Waals surface area contributed by atoms with Crippen molar-refractivity contribution in [3.05, 3.63) is 29.8 Å². The van der Waals surface area contributed by atoms with Gasteiger partial charge < -0.3 is 15.0 Å². The van der Waals surface area contributed by atoms with Crippen LogP contribution in [0.2, 0.25) is 0 Å². The third kappa shape index (κ3) is 6.04. The van der Waals surface area contributed by atoms with Crippen molar-refractivity contribution in [3.63, 3.8) is 0 Å². The minimum Gasteiger partial charge on any atom is -0.497 e. The number of piperazine rings is 1. The van der Waals surface area contributed by atoms with Crippen molar-refractivity contribution in [2.45, 2.75) is 26.7 Å². The van der Waals surface area contributed by atoms with Gasteiger partial charge in [0, 0.05) is 32.7 Å². The summed E-state index contributed by atoms with van der Waals surface area (Å²) in [7, 11) is 1.69. The molecule has 0 bridgehead atoms. The SMILES string of the molecule is COc1ccc(CCCN2CCN(C(=O)NCC(C)C)CC2)cc1. The number of hydrogen-bond donors (Lipinski definition) is 1. The smallest absolute Gasteiger partial charge is 0.317 e. The predicted molar refractivity (Wildman–Crippen MR) is 97.6 cm³/mol. The Balaban J connectivity index is 1.63. The number of nitrogens with one attached hydrogen (secondary N) is 1. The first-order valence-corrected chi connectivity index (χ1v) is 8.96. The van der Waals surface area contributed by atoms with E-state index in [1.807, 2.05) is 17.0 Å². The number of nitrogens with zero attached hydrogens (tertiary/aromatic N) is 2. The van der Waals surface area contributed by atoms with Gasteiger partial charge in [-0.15, -0.1) is 0 Å². The van der Waals surface area contributed by atoms with Crippen molar-refractivity contribution in [3.8, 4) is 5.75 Å². The molecule has 24 heavy (non-hydrogen) atoms. The lowest BCUT2D eigenvalue weighted by molar-refractivity contribution is 0.138. The highest BCUT2D eigenvalue weighted by molar-refractivity contribution is 5.74. The van der Waals surface area contributed by atoms with Crippen LogP contribution in [0.3, 0.4) is 0 Å². The Morgan fingerprint density at radius 2 is 1.83 bits per heavy atom. The van der Waals surface area contributed by atoms with Gasteiger partial charge in [0.25, 0.3) is 0 Å². The normalized spacial score (nSPS) is 15.6. The highest BCUT2D eigenvalue weighted by atomic mass is 16.5. The van der Waals surface area contributed by atoms with Gasteiger partial charge >= 0.3 is 6.03 Å². The van der Waals surface area contributed by atoms with Gasteiger partial charge in [-0.3, -0.25) is 4.90 Å². The number of benzene rings is 1. The molecule has 1 heterocycles. The predicted octanol–water partition coefficient (Wildman–Crippen LogP) is 2.61. The van der Waals surface area contributed by atoms with Gasteiger partial charge in [-0.1, -0.05) is 26.0 Å². The fourth-order valence-corrected chi connectivity index (χ4v) is 2.88. The van der Waals surface area contributed by atoms with E-state index in [4.69, 9.17) is 4.74 Å². The molecule has 5 nitrogen and oxygen atoms in total. The van der Waals surface area contributed by atoms with Crippen LogP contribution in [0.1, 0.15) is 25.8 Å². The van der Waals surface area contributed by atoms with Crippen molar-refractivity contribution in [1.29, 1.82) is 0 Å². The van der Waals surface area contributed by atoms with E-state index in [1.54, 1.807) is 7.11 Å². The summed E-state index contributed by atoms with van der Waals surface area (Å²) in [6.07, 6.45) is 2.23. The molecule has 0 aliphatic carbocycles. The van der Waals surface area contributed by atoms with Gasteiger partial charge in [0.2, 0.25) is 0 Å². The summed E-state index contributed by atoms with van der Waals surface area (Å²) in [6.45, 7) is 9.66. The van der Waals surface area contributed by atoms with Gasteiger partial charge in [0.05, 0.1) is 7.11 Å². The molecule has 2 rings (SSSR count). The van der Waals surface area contributed by atoms with E-state index in [9.17, 15) is 4.79 Å². The van der Waals surface area contributed by atoms with Crippen LogP contribution in [0.25, 0.3) is 0 Å². The molecule has 1 aromatic carbocycles. The summed E-state index contributed by atoms with van der Waals surface area (Å²) in [6, 6.07) is 8.39. The molecule has 0 radical (unpaired) electrons. The number of hydrogen-bond acceptors (Lipinski definition) is 3. The molecule has 134 valence electrons. The highest BCUT2D eigenvalue weighted by Crippen LogP contribution is 2.13. The fourth-order valence-electron chi connectivity index (χ4n) is 2.88. The maximum Gasteiger partial charge on any atom is 0.317 e. The second kappa shape index (κ2) is 9.52. The number of methoxy groups -OCH3 is 1. The molecule has 0 atom stereocenters. The molecule has 5 heteroatoms. The second-order valence-corrected chi connectivity index (χ2v) is 6.86. The molecular formula is C19H31N3O2. The van der Waals surface area contributed by atoms with Gasteiger partial charge in [0.15, 0.2) is 0 Å². The Morgan fingerprint density at radius 3 is 2.42 bits per heavy atom. The molecule has 1 fully saturated rings. The van der Waals surface area contributed by atoms with Crippen molar-refractivity contribution < 1.29 is 9.53 Å². The lowest BCUT2D eigenvalue weighted by Gasteiger charge is -2.34. The Kier molecular flexibility index (Phi) is 7.37. The first kappa shape index (κ1) is 18.6. The molecule has 1 N–H and O–H groups in total. The van der Waals surface area contributed by atoms with Crippen molar-refractivity contribution in [2.75, 3.05) is 46.4 Å². The number of ether oxygens (including phenoxy) is 1. The minimum atomic E-state index is 0.0848. The molecule has 0 saturated carbocycles. The number of aryl methyl sites for hydroxylation is 1. The van der Waals surface area contributed by atoms with E-state index >= 15 is 0 Å². The van der Waals surface area contributed by atoms with Crippen molar-refractivity contribution in [1.82, 2.24) is 15.1 Å². The summed E-state index contributed by atoms with van der Waals surface area (Å²) in [4.78, 5) is 16.4. The van der Waals surface area contributed by atoms with Gasteiger partial charge in [-0.05, 0) is 43.0 Å². The van der Waals surface area contributed by atoms with Gasteiger partial charge in [-0.25, -0.2) is 4.79 Å². The lowest BCUT2D eigenvalue weighted by Crippen LogP contribution is -2.52. The first-order valence-electron chi connectivity index (χ1n) is 8.96. The second-order valence-electron chi connectivity index (χ2n) is 6.86. The molecular weight excluding hydrogens is 302 g/mol. The molecule has 2 amide bonds. The van der Waals surface area contributed by atoms with Crippen LogP contribution in [-0.4, -0.2) is 62.2 Å². The molecule has 1 saturated heterocycles. The standard InChI is InChI=1S/C19H31N3O2/c1-16(2)15-20-19(23)22-13-11-21(12-14-22)10-4-5-17-6-8-18(24-3)9-7-17/h6-9,16H,4-5,10-15H2,1-3H3,(H,20,23). The van der Waals surface area contributed by atoms with Crippen LogP contribution in [0.4, 0.5) is 4.79 Å². The lowest BCUT2D eigenvalue weighted by atomic mass is 10.1. The van der Waals surface area contributed by atoms with E-state index in [0.29, 0.717) is 5.92 Å². The number of urea groups is 1. The molecule has 1 aliphatic rings. The highest BCUT2D eigenvalue weighted by Gasteiger charge is 2.20. The fraction of sp³-hybridized carbons (Fsp3) is 0.632. The Morgan fingerprint density at radius 1 is 1.17 bits per heavy atom. The zero-order valence-electron chi connectivity index (χ0n) is 15.3. The minimum absolute atomic E-state index is 0.0848. The Hall–Kier alpha value is -1.75. The van der Waals surface area contributed by atoms with Gasteiger partial charge in [0.1, 0.15) is 5.75 Å².